The topological polar surface area (TPSA) is 72.8 Å². The second-order valence-electron chi connectivity index (χ2n) is 9.83. The number of methoxy groups -OCH3 is 1. The molecule has 2 aromatic carbocycles. The monoisotopic (exact) mass is 541 g/mol. The third kappa shape index (κ3) is 4.69. The Kier molecular flexibility index (Phi) is 6.87. The molecule has 0 fully saturated rings. The lowest BCUT2D eigenvalue weighted by Crippen LogP contribution is -2.38. The number of rotatable bonds is 5. The van der Waals surface area contributed by atoms with Crippen LogP contribution >= 0.6 is 11.3 Å². The maximum Gasteiger partial charge on any atom is 0.337 e. The van der Waals surface area contributed by atoms with Crippen LogP contribution in [0.2, 0.25) is 0 Å². The Morgan fingerprint density at radius 2 is 1.77 bits per heavy atom. The predicted octanol–water partition coefficient (Wildman–Crippen LogP) is 6.74. The van der Waals surface area contributed by atoms with Crippen molar-refractivity contribution < 1.29 is 19.1 Å². The Bertz CT molecular complexity index is 1500. The van der Waals surface area contributed by atoms with Gasteiger partial charge in [0.05, 0.1) is 37.6 Å². The summed E-state index contributed by atoms with van der Waals surface area (Å²) in [5, 5.41) is 4.30. The summed E-state index contributed by atoms with van der Waals surface area (Å²) in [5.74, 6) is 0.395. The van der Waals surface area contributed by atoms with E-state index >= 15 is 0 Å². The van der Waals surface area contributed by atoms with Crippen LogP contribution in [0.4, 0.5) is 10.5 Å². The van der Waals surface area contributed by atoms with E-state index in [4.69, 9.17) is 9.47 Å². The van der Waals surface area contributed by atoms with Gasteiger partial charge < -0.3 is 24.3 Å². The fourth-order valence-corrected chi connectivity index (χ4v) is 7.06. The molecule has 0 bridgehead atoms. The SMILES string of the molecule is CCOc1ccc([C@@H]2c3cccn3-c3sc4c(c3CN2C(=O)Nc2ccc(C(=O)OC)cc2)CCCC4)cc1. The molecule has 0 saturated heterocycles. The molecule has 2 aromatic heterocycles. The smallest absolute Gasteiger partial charge is 0.337 e. The van der Waals surface area contributed by atoms with Crippen LogP contribution in [0.3, 0.4) is 0 Å². The fourth-order valence-electron chi connectivity index (χ4n) is 5.65. The molecular formula is C31H31N3O4S. The second-order valence-corrected chi connectivity index (χ2v) is 10.9. The summed E-state index contributed by atoms with van der Waals surface area (Å²) in [4.78, 5) is 29.3. The summed E-state index contributed by atoms with van der Waals surface area (Å²) < 4.78 is 12.8. The fraction of sp³-hybridized carbons (Fsp3) is 0.290. The van der Waals surface area contributed by atoms with Gasteiger partial charge in [-0.3, -0.25) is 0 Å². The van der Waals surface area contributed by atoms with Gasteiger partial charge in [-0.2, -0.15) is 0 Å². The van der Waals surface area contributed by atoms with Crippen LogP contribution in [0.1, 0.15) is 63.4 Å². The molecular weight excluding hydrogens is 510 g/mol. The number of fused-ring (bicyclic) bond motifs is 5. The van der Waals surface area contributed by atoms with E-state index in [0.717, 1.165) is 29.8 Å². The minimum Gasteiger partial charge on any atom is -0.494 e. The van der Waals surface area contributed by atoms with Gasteiger partial charge >= 0.3 is 12.0 Å². The number of carbonyl (C=O) groups is 2. The molecule has 0 radical (unpaired) electrons. The summed E-state index contributed by atoms with van der Waals surface area (Å²) >= 11 is 1.87. The number of esters is 1. The molecule has 3 heterocycles. The van der Waals surface area contributed by atoms with Crippen molar-refractivity contribution in [1.29, 1.82) is 0 Å². The van der Waals surface area contributed by atoms with Crippen LogP contribution in [-0.2, 0) is 24.1 Å². The highest BCUT2D eigenvalue weighted by molar-refractivity contribution is 7.15. The Hall–Kier alpha value is -4.04. The number of hydrogen-bond donors (Lipinski definition) is 1. The van der Waals surface area contributed by atoms with Crippen molar-refractivity contribution in [2.24, 2.45) is 0 Å². The van der Waals surface area contributed by atoms with E-state index in [9.17, 15) is 9.59 Å². The third-order valence-electron chi connectivity index (χ3n) is 7.50. The van der Waals surface area contributed by atoms with E-state index in [1.54, 1.807) is 24.3 Å². The number of hydrogen-bond acceptors (Lipinski definition) is 5. The second kappa shape index (κ2) is 10.6. The van der Waals surface area contributed by atoms with E-state index in [0.29, 0.717) is 24.4 Å². The summed E-state index contributed by atoms with van der Waals surface area (Å²) in [6, 6.07) is 18.5. The number of nitrogens with one attached hydrogen (secondary N) is 1. The quantitative estimate of drug-likeness (QED) is 0.284. The lowest BCUT2D eigenvalue weighted by molar-refractivity contribution is 0.0600. The van der Waals surface area contributed by atoms with Crippen LogP contribution < -0.4 is 10.1 Å². The number of ether oxygens (including phenoxy) is 2. The largest absolute Gasteiger partial charge is 0.494 e. The number of aromatic nitrogens is 1. The molecule has 2 aliphatic rings. The van der Waals surface area contributed by atoms with Gasteiger partial charge in [0.25, 0.3) is 0 Å². The van der Waals surface area contributed by atoms with E-state index in [-0.39, 0.29) is 12.1 Å². The van der Waals surface area contributed by atoms with E-state index < -0.39 is 5.97 Å². The van der Waals surface area contributed by atoms with Crippen molar-refractivity contribution in [1.82, 2.24) is 9.47 Å². The highest BCUT2D eigenvalue weighted by Crippen LogP contribution is 2.44. The first-order valence-electron chi connectivity index (χ1n) is 13.4. The molecule has 0 unspecified atom stereocenters. The number of urea groups is 1. The van der Waals surface area contributed by atoms with Gasteiger partial charge in [0, 0.05) is 22.3 Å². The van der Waals surface area contributed by atoms with Crippen molar-refractivity contribution >= 4 is 29.0 Å². The Labute approximate surface area is 232 Å². The van der Waals surface area contributed by atoms with Gasteiger partial charge in [0.1, 0.15) is 10.8 Å². The number of carbonyl (C=O) groups excluding carboxylic acids is 2. The van der Waals surface area contributed by atoms with Crippen LogP contribution in [0.25, 0.3) is 5.00 Å². The molecule has 0 spiro atoms. The van der Waals surface area contributed by atoms with Crippen molar-refractivity contribution in [2.45, 2.75) is 45.2 Å². The number of thiophene rings is 1. The summed E-state index contributed by atoms with van der Waals surface area (Å²) in [6.07, 6.45) is 6.66. The van der Waals surface area contributed by atoms with Gasteiger partial charge in [-0.25, -0.2) is 9.59 Å². The van der Waals surface area contributed by atoms with Crippen molar-refractivity contribution in [3.63, 3.8) is 0 Å². The molecule has 6 rings (SSSR count). The summed E-state index contributed by atoms with van der Waals surface area (Å²) in [7, 11) is 1.35. The Morgan fingerprint density at radius 3 is 2.51 bits per heavy atom. The van der Waals surface area contributed by atoms with Gasteiger partial charge in [0.2, 0.25) is 0 Å². The van der Waals surface area contributed by atoms with Crippen molar-refractivity contribution in [3.05, 3.63) is 99.7 Å². The number of amides is 2. The maximum atomic E-state index is 14.1. The molecule has 200 valence electrons. The first kappa shape index (κ1) is 25.2. The van der Waals surface area contributed by atoms with Crippen LogP contribution in [-0.4, -0.2) is 35.2 Å². The lowest BCUT2D eigenvalue weighted by Gasteiger charge is -2.31. The predicted molar refractivity (Wildman–Crippen MR) is 152 cm³/mol. The highest BCUT2D eigenvalue weighted by Gasteiger charge is 2.36. The molecule has 4 aromatic rings. The average Bonchev–Trinajstić information content (AvgIpc) is 3.55. The van der Waals surface area contributed by atoms with Crippen molar-refractivity contribution in [2.75, 3.05) is 19.0 Å². The van der Waals surface area contributed by atoms with E-state index in [1.807, 2.05) is 47.4 Å². The Balaban J connectivity index is 1.42. The zero-order valence-electron chi connectivity index (χ0n) is 22.1. The van der Waals surface area contributed by atoms with Gasteiger partial charge in [-0.15, -0.1) is 11.3 Å². The number of anilines is 1. The molecule has 39 heavy (non-hydrogen) atoms. The molecule has 8 heteroatoms. The van der Waals surface area contributed by atoms with Gasteiger partial charge in [-0.05, 0) is 92.3 Å². The molecule has 7 nitrogen and oxygen atoms in total. The maximum absolute atomic E-state index is 14.1. The van der Waals surface area contributed by atoms with Crippen LogP contribution in [0.15, 0.2) is 66.9 Å². The standard InChI is InChI=1S/C31H31N3O4S/c1-3-38-23-16-12-20(13-17-23)28-26-8-6-18-33(26)29-25(24-7-4-5-9-27(24)39-29)19-34(28)31(36)32-22-14-10-21(11-15-22)30(35)37-2/h6,8,10-18,28H,3-5,7,9,19H2,1-2H3,(H,32,36)/t28-/m1/s1. The number of nitrogens with zero attached hydrogens (tertiary/aromatic N) is 2. The lowest BCUT2D eigenvalue weighted by atomic mass is 9.95. The zero-order valence-corrected chi connectivity index (χ0v) is 22.9. The first-order chi connectivity index (χ1) is 19.1. The van der Waals surface area contributed by atoms with Gasteiger partial charge in [-0.1, -0.05) is 12.1 Å². The van der Waals surface area contributed by atoms with Crippen LogP contribution in [0.5, 0.6) is 5.75 Å². The normalized spacial score (nSPS) is 15.9. The zero-order chi connectivity index (χ0) is 26.9. The van der Waals surface area contributed by atoms with Crippen LogP contribution in [0, 0.1) is 0 Å². The van der Waals surface area contributed by atoms with Gasteiger partial charge in [0.15, 0.2) is 0 Å². The van der Waals surface area contributed by atoms with E-state index in [1.165, 1.54) is 41.0 Å². The van der Waals surface area contributed by atoms with Crippen molar-refractivity contribution in [3.8, 4) is 10.8 Å². The summed E-state index contributed by atoms with van der Waals surface area (Å²) in [6.45, 7) is 3.07. The molecule has 0 saturated carbocycles. The minimum atomic E-state index is -0.411. The highest BCUT2D eigenvalue weighted by atomic mass is 32.1. The third-order valence-corrected chi connectivity index (χ3v) is 8.84. The summed E-state index contributed by atoms with van der Waals surface area (Å²) in [5.41, 5.74) is 5.77. The minimum absolute atomic E-state index is 0.198. The number of aryl methyl sites for hydroxylation is 1. The molecule has 2 amide bonds. The molecule has 1 aliphatic carbocycles. The molecule has 1 aliphatic heterocycles. The first-order valence-corrected chi connectivity index (χ1v) is 14.2. The van der Waals surface area contributed by atoms with E-state index in [2.05, 4.69) is 28.2 Å². The Morgan fingerprint density at radius 1 is 1.00 bits per heavy atom. The number of benzene rings is 2. The average molecular weight is 542 g/mol. The molecule has 1 N–H and O–H groups in total. The molecule has 1 atom stereocenters.